The molecule has 0 amide bonds. The summed E-state index contributed by atoms with van der Waals surface area (Å²) in [6, 6.07) is 0. The number of hydrogen-bond acceptors (Lipinski definition) is 7. The molecule has 0 spiro atoms. The summed E-state index contributed by atoms with van der Waals surface area (Å²) in [4.78, 5) is 26.5. The maximum absolute atomic E-state index is 11.5. The summed E-state index contributed by atoms with van der Waals surface area (Å²) in [5, 5.41) is 24.7. The van der Waals surface area contributed by atoms with Crippen molar-refractivity contribution in [1.82, 2.24) is 5.01 Å². The zero-order valence-corrected chi connectivity index (χ0v) is 11.2. The average Bonchev–Trinajstić information content (AvgIpc) is 2.86. The molecule has 0 aromatic carbocycles. The highest BCUT2D eigenvalue weighted by Crippen LogP contribution is 2.16. The van der Waals surface area contributed by atoms with Crippen molar-refractivity contribution >= 4 is 12.1 Å². The van der Waals surface area contributed by atoms with Gasteiger partial charge in [-0.1, -0.05) is 0 Å². The van der Waals surface area contributed by atoms with Crippen LogP contribution in [0.1, 0.15) is 20.3 Å². The molecular weight excluding hydrogens is 274 g/mol. The number of carboxylic acids is 1. The second-order valence-corrected chi connectivity index (χ2v) is 4.04. The number of carboxylic acid groups (broad SMARTS) is 1. The normalized spacial score (nSPS) is 20.4. The SMILES string of the molecule is CCOC(=O)OC(C)ON=[N+]([O-])N1CCC(C(=O)O)C1. The maximum Gasteiger partial charge on any atom is 0.511 e. The highest BCUT2D eigenvalue weighted by molar-refractivity contribution is 5.70. The molecule has 0 radical (unpaired) electrons. The van der Waals surface area contributed by atoms with Crippen molar-refractivity contribution in [3.05, 3.63) is 5.21 Å². The minimum Gasteiger partial charge on any atom is -0.569 e. The number of carbonyl (C=O) groups is 2. The van der Waals surface area contributed by atoms with E-state index in [9.17, 15) is 14.8 Å². The number of hydrazine groups is 1. The number of nitrogens with zero attached hydrogens (tertiary/aromatic N) is 3. The predicted octanol–water partition coefficient (Wildman–Crippen LogP) is 0.721. The van der Waals surface area contributed by atoms with E-state index in [1.165, 1.54) is 11.9 Å². The zero-order valence-electron chi connectivity index (χ0n) is 11.2. The Morgan fingerprint density at radius 2 is 2.30 bits per heavy atom. The lowest BCUT2D eigenvalue weighted by Gasteiger charge is -2.13. The zero-order chi connectivity index (χ0) is 15.1. The molecule has 1 rings (SSSR count). The predicted molar refractivity (Wildman–Crippen MR) is 62.0 cm³/mol. The first-order chi connectivity index (χ1) is 9.43. The molecule has 1 aliphatic heterocycles. The lowest BCUT2D eigenvalue weighted by atomic mass is 10.1. The molecule has 1 aliphatic rings. The van der Waals surface area contributed by atoms with Crippen molar-refractivity contribution in [3.63, 3.8) is 0 Å². The van der Waals surface area contributed by atoms with E-state index in [4.69, 9.17) is 5.11 Å². The van der Waals surface area contributed by atoms with Gasteiger partial charge in [0.1, 0.15) is 0 Å². The highest BCUT2D eigenvalue weighted by atomic mass is 16.8. The van der Waals surface area contributed by atoms with Crippen LogP contribution in [0.2, 0.25) is 0 Å². The van der Waals surface area contributed by atoms with Crippen molar-refractivity contribution in [2.75, 3.05) is 19.7 Å². The molecule has 1 saturated heterocycles. The molecule has 2 unspecified atom stereocenters. The number of aliphatic carboxylic acids is 1. The second kappa shape index (κ2) is 7.36. The lowest BCUT2D eigenvalue weighted by Crippen LogP contribution is -2.30. The smallest absolute Gasteiger partial charge is 0.511 e. The summed E-state index contributed by atoms with van der Waals surface area (Å²) in [6.45, 7) is 3.45. The largest absolute Gasteiger partial charge is 0.569 e. The minimum absolute atomic E-state index is 0.0544. The first-order valence-electron chi connectivity index (χ1n) is 6.09. The van der Waals surface area contributed by atoms with Gasteiger partial charge in [-0.3, -0.25) is 9.63 Å². The topological polar surface area (TPSA) is 124 Å². The van der Waals surface area contributed by atoms with Crippen molar-refractivity contribution < 1.29 is 34.0 Å². The van der Waals surface area contributed by atoms with Crippen LogP contribution < -0.4 is 0 Å². The van der Waals surface area contributed by atoms with Gasteiger partial charge in [0.15, 0.2) is 0 Å². The molecular formula is C10H17N3O7. The molecule has 20 heavy (non-hydrogen) atoms. The molecule has 1 heterocycles. The third-order valence-electron chi connectivity index (χ3n) is 2.55. The molecule has 0 aliphatic carbocycles. The number of carbonyl (C=O) groups excluding carboxylic acids is 1. The monoisotopic (exact) mass is 291 g/mol. The van der Waals surface area contributed by atoms with Crippen LogP contribution in [0.15, 0.2) is 5.28 Å². The fraction of sp³-hybridized carbons (Fsp3) is 0.800. The van der Waals surface area contributed by atoms with E-state index in [0.29, 0.717) is 6.42 Å². The van der Waals surface area contributed by atoms with E-state index in [2.05, 4.69) is 19.6 Å². The van der Waals surface area contributed by atoms with Crippen molar-refractivity contribution in [2.24, 2.45) is 11.2 Å². The number of ether oxygens (including phenoxy) is 2. The standard InChI is InChI=1S/C10H17N3O7/c1-3-18-10(16)19-7(2)20-11-13(17)12-5-4-8(6-12)9(14)15/h7-8H,3-6H2,1-2H3,(H,14,15). The molecule has 0 bridgehead atoms. The first-order valence-corrected chi connectivity index (χ1v) is 6.09. The molecule has 10 heteroatoms. The van der Waals surface area contributed by atoms with Crippen LogP contribution >= 0.6 is 0 Å². The lowest BCUT2D eigenvalue weighted by molar-refractivity contribution is -0.709. The molecule has 0 saturated carbocycles. The van der Waals surface area contributed by atoms with Crippen LogP contribution in [0.25, 0.3) is 0 Å². The van der Waals surface area contributed by atoms with Gasteiger partial charge < -0.3 is 19.8 Å². The van der Waals surface area contributed by atoms with Crippen LogP contribution in [0.5, 0.6) is 0 Å². The molecule has 0 aromatic heterocycles. The van der Waals surface area contributed by atoms with Gasteiger partial charge in [-0.15, -0.1) is 5.01 Å². The van der Waals surface area contributed by atoms with Gasteiger partial charge in [0, 0.05) is 6.92 Å². The van der Waals surface area contributed by atoms with E-state index in [-0.39, 0.29) is 24.7 Å². The van der Waals surface area contributed by atoms with E-state index in [1.54, 1.807) is 6.92 Å². The van der Waals surface area contributed by atoms with Gasteiger partial charge in [-0.2, -0.15) is 0 Å². The van der Waals surface area contributed by atoms with Crippen molar-refractivity contribution in [3.8, 4) is 0 Å². The molecule has 1 N–H and O–H groups in total. The maximum atomic E-state index is 11.5. The Hall–Kier alpha value is -2.26. The van der Waals surface area contributed by atoms with Crippen LogP contribution in [0.4, 0.5) is 4.79 Å². The highest BCUT2D eigenvalue weighted by Gasteiger charge is 2.33. The summed E-state index contributed by atoms with van der Waals surface area (Å²) < 4.78 is 9.12. The summed E-state index contributed by atoms with van der Waals surface area (Å²) in [7, 11) is 0. The Balaban J connectivity index is 2.38. The third-order valence-corrected chi connectivity index (χ3v) is 2.55. The van der Waals surface area contributed by atoms with Crippen LogP contribution in [0.3, 0.4) is 0 Å². The summed E-state index contributed by atoms with van der Waals surface area (Å²) in [5.41, 5.74) is 0. The van der Waals surface area contributed by atoms with Gasteiger partial charge in [-0.25, -0.2) is 4.79 Å². The van der Waals surface area contributed by atoms with Crippen LogP contribution in [-0.4, -0.2) is 53.2 Å². The number of rotatable bonds is 6. The third kappa shape index (κ3) is 4.78. The molecule has 0 aromatic rings. The van der Waals surface area contributed by atoms with Gasteiger partial charge in [0.25, 0.3) is 6.29 Å². The fourth-order valence-corrected chi connectivity index (χ4v) is 1.57. The van der Waals surface area contributed by atoms with Gasteiger partial charge >= 0.3 is 12.1 Å². The molecule has 2 atom stereocenters. The van der Waals surface area contributed by atoms with Gasteiger partial charge in [0.05, 0.1) is 30.6 Å². The average molecular weight is 291 g/mol. The van der Waals surface area contributed by atoms with E-state index in [0.717, 1.165) is 0 Å². The molecule has 114 valence electrons. The molecule has 10 nitrogen and oxygen atoms in total. The summed E-state index contributed by atoms with van der Waals surface area (Å²) in [6.07, 6.45) is -1.67. The Labute approximate surface area is 115 Å². The Kier molecular flexibility index (Phi) is 5.81. The van der Waals surface area contributed by atoms with Crippen molar-refractivity contribution in [2.45, 2.75) is 26.6 Å². The van der Waals surface area contributed by atoms with Crippen molar-refractivity contribution in [1.29, 1.82) is 0 Å². The van der Waals surface area contributed by atoms with E-state index >= 15 is 0 Å². The fourth-order valence-electron chi connectivity index (χ4n) is 1.57. The quantitative estimate of drug-likeness (QED) is 0.249. The van der Waals surface area contributed by atoms with Crippen LogP contribution in [0, 0.1) is 11.1 Å². The van der Waals surface area contributed by atoms with Gasteiger partial charge in [-0.05, 0) is 13.3 Å². The molecule has 1 fully saturated rings. The first kappa shape index (κ1) is 15.8. The Bertz CT molecular complexity index is 387. The Morgan fingerprint density at radius 1 is 1.60 bits per heavy atom. The van der Waals surface area contributed by atoms with Crippen LogP contribution in [-0.2, 0) is 19.1 Å². The summed E-state index contributed by atoms with van der Waals surface area (Å²) in [5.74, 6) is -1.56. The Morgan fingerprint density at radius 3 is 2.85 bits per heavy atom. The van der Waals surface area contributed by atoms with E-state index < -0.39 is 24.3 Å². The number of hydrogen-bond donors (Lipinski definition) is 1. The second-order valence-electron chi connectivity index (χ2n) is 4.04. The van der Waals surface area contributed by atoms with Gasteiger partial charge in [0.2, 0.25) is 5.28 Å². The summed E-state index contributed by atoms with van der Waals surface area (Å²) >= 11 is 0. The van der Waals surface area contributed by atoms with E-state index in [1.807, 2.05) is 0 Å². The minimum atomic E-state index is -1.09.